The summed E-state index contributed by atoms with van der Waals surface area (Å²) in [6, 6.07) is 0. The minimum absolute atomic E-state index is 0.0156. The molecule has 0 aliphatic heterocycles. The monoisotopic (exact) mass is 171 g/mol. The fourth-order valence-corrected chi connectivity index (χ4v) is 0.520. The highest BCUT2D eigenvalue weighted by atomic mass is 19.4. The van der Waals surface area contributed by atoms with E-state index in [9.17, 15) is 13.2 Å². The molecule has 0 rings (SSSR count). The van der Waals surface area contributed by atoms with Gasteiger partial charge in [0.25, 0.3) is 0 Å². The summed E-state index contributed by atoms with van der Waals surface area (Å²) >= 11 is 0. The van der Waals surface area contributed by atoms with Crippen LogP contribution in [0.15, 0.2) is 0 Å². The molecule has 0 saturated heterocycles. The van der Waals surface area contributed by atoms with Crippen LogP contribution in [0.25, 0.3) is 0 Å². The number of halogens is 3. The van der Waals surface area contributed by atoms with Gasteiger partial charge in [-0.25, -0.2) is 0 Å². The lowest BCUT2D eigenvalue weighted by molar-refractivity contribution is -0.154. The zero-order valence-electron chi connectivity index (χ0n) is 6.61. The van der Waals surface area contributed by atoms with Crippen molar-refractivity contribution < 1.29 is 18.0 Å². The molecule has 0 atom stereocenters. The molecular weight excluding hydrogens is 159 g/mol. The number of hydrogen-bond donors (Lipinski definition) is 0. The molecule has 0 aromatic rings. The van der Waals surface area contributed by atoms with E-state index in [1.165, 1.54) is 5.06 Å². The van der Waals surface area contributed by atoms with E-state index in [2.05, 4.69) is 0 Å². The Labute approximate surface area is 63.9 Å². The molecule has 0 radical (unpaired) electrons. The molecule has 0 heterocycles. The zero-order chi connectivity index (χ0) is 8.91. The molecule has 2 nitrogen and oxygen atoms in total. The Kier molecular flexibility index (Phi) is 4.44. The first kappa shape index (κ1) is 10.7. The lowest BCUT2D eigenvalue weighted by Crippen LogP contribution is -2.15. The van der Waals surface area contributed by atoms with Gasteiger partial charge in [-0.2, -0.15) is 18.2 Å². The van der Waals surface area contributed by atoms with Crippen LogP contribution in [0.1, 0.15) is 12.8 Å². The van der Waals surface area contributed by atoms with Crippen LogP contribution >= 0.6 is 0 Å². The molecule has 0 N–H and O–H groups in total. The van der Waals surface area contributed by atoms with E-state index in [1.54, 1.807) is 14.1 Å². The Balaban J connectivity index is 3.15. The second kappa shape index (κ2) is 4.56. The molecule has 0 saturated carbocycles. The molecule has 0 aromatic heterocycles. The average Bonchev–Trinajstić information content (AvgIpc) is 1.78. The van der Waals surface area contributed by atoms with E-state index in [0.29, 0.717) is 0 Å². The molecule has 0 aromatic carbocycles. The minimum Gasteiger partial charge on any atom is -0.300 e. The lowest BCUT2D eigenvalue weighted by Gasteiger charge is -2.10. The smallest absolute Gasteiger partial charge is 0.300 e. The quantitative estimate of drug-likeness (QED) is 0.472. The van der Waals surface area contributed by atoms with Crippen LogP contribution in [0.5, 0.6) is 0 Å². The van der Waals surface area contributed by atoms with E-state index in [0.717, 1.165) is 0 Å². The van der Waals surface area contributed by atoms with Crippen LogP contribution in [0.3, 0.4) is 0 Å². The van der Waals surface area contributed by atoms with Gasteiger partial charge in [-0.15, -0.1) is 0 Å². The fourth-order valence-electron chi connectivity index (χ4n) is 0.520. The van der Waals surface area contributed by atoms with Crippen molar-refractivity contribution in [3.8, 4) is 0 Å². The second-order valence-corrected chi connectivity index (χ2v) is 2.36. The zero-order valence-corrected chi connectivity index (χ0v) is 6.61. The summed E-state index contributed by atoms with van der Waals surface area (Å²) in [5.41, 5.74) is 0. The van der Waals surface area contributed by atoms with E-state index < -0.39 is 12.6 Å². The van der Waals surface area contributed by atoms with Crippen molar-refractivity contribution >= 4 is 0 Å². The van der Waals surface area contributed by atoms with Gasteiger partial charge in [0, 0.05) is 20.5 Å². The molecular formula is C6H12F3NO. The summed E-state index contributed by atoms with van der Waals surface area (Å²) < 4.78 is 34.5. The Morgan fingerprint density at radius 3 is 2.18 bits per heavy atom. The molecule has 0 unspecified atom stereocenters. The first-order chi connectivity index (χ1) is 4.92. The Hall–Kier alpha value is -0.290. The molecule has 0 aliphatic carbocycles. The summed E-state index contributed by atoms with van der Waals surface area (Å²) in [6.07, 6.45) is -4.82. The SMILES string of the molecule is CN(C)OCCCC(F)(F)F. The van der Waals surface area contributed by atoms with Gasteiger partial charge in [-0.05, 0) is 6.42 Å². The van der Waals surface area contributed by atoms with Crippen LogP contribution in [0.4, 0.5) is 13.2 Å². The van der Waals surface area contributed by atoms with Crippen molar-refractivity contribution in [2.45, 2.75) is 19.0 Å². The van der Waals surface area contributed by atoms with E-state index in [1.807, 2.05) is 0 Å². The highest BCUT2D eigenvalue weighted by molar-refractivity contribution is 4.48. The van der Waals surface area contributed by atoms with Gasteiger partial charge in [-0.3, -0.25) is 4.84 Å². The molecule has 0 bridgehead atoms. The Morgan fingerprint density at radius 1 is 1.27 bits per heavy atom. The number of hydroxylamine groups is 2. The number of hydrogen-bond acceptors (Lipinski definition) is 2. The van der Waals surface area contributed by atoms with Gasteiger partial charge in [0.15, 0.2) is 0 Å². The number of rotatable bonds is 4. The van der Waals surface area contributed by atoms with Crippen molar-refractivity contribution in [3.05, 3.63) is 0 Å². The van der Waals surface area contributed by atoms with Crippen molar-refractivity contribution in [1.29, 1.82) is 0 Å². The lowest BCUT2D eigenvalue weighted by atomic mass is 10.3. The molecule has 0 fully saturated rings. The van der Waals surface area contributed by atoms with Crippen molar-refractivity contribution in [2.24, 2.45) is 0 Å². The van der Waals surface area contributed by atoms with Crippen LogP contribution in [0, 0.1) is 0 Å². The average molecular weight is 171 g/mol. The Morgan fingerprint density at radius 2 is 1.82 bits per heavy atom. The maximum Gasteiger partial charge on any atom is 0.389 e. The molecule has 11 heavy (non-hydrogen) atoms. The summed E-state index contributed by atoms with van der Waals surface area (Å²) in [7, 11) is 3.27. The molecule has 68 valence electrons. The first-order valence-corrected chi connectivity index (χ1v) is 3.29. The highest BCUT2D eigenvalue weighted by Crippen LogP contribution is 2.20. The highest BCUT2D eigenvalue weighted by Gasteiger charge is 2.25. The number of alkyl halides is 3. The van der Waals surface area contributed by atoms with Crippen molar-refractivity contribution in [2.75, 3.05) is 20.7 Å². The summed E-state index contributed by atoms with van der Waals surface area (Å²) in [6.45, 7) is 0.118. The van der Waals surface area contributed by atoms with E-state index in [-0.39, 0.29) is 13.0 Å². The van der Waals surface area contributed by atoms with Crippen molar-refractivity contribution in [3.63, 3.8) is 0 Å². The minimum atomic E-state index is -4.06. The summed E-state index contributed by atoms with van der Waals surface area (Å²) in [5.74, 6) is 0. The standard InChI is InChI=1S/C6H12F3NO/c1-10(2)11-5-3-4-6(7,8)9/h3-5H2,1-2H3. The van der Waals surface area contributed by atoms with Crippen LogP contribution in [-0.2, 0) is 4.84 Å². The maximum absolute atomic E-state index is 11.5. The topological polar surface area (TPSA) is 12.5 Å². The third kappa shape index (κ3) is 9.71. The maximum atomic E-state index is 11.5. The van der Waals surface area contributed by atoms with Gasteiger partial charge < -0.3 is 0 Å². The van der Waals surface area contributed by atoms with Gasteiger partial charge in [-0.1, -0.05) is 0 Å². The summed E-state index contributed by atoms with van der Waals surface area (Å²) in [4.78, 5) is 4.77. The predicted molar refractivity (Wildman–Crippen MR) is 34.9 cm³/mol. The molecule has 0 amide bonds. The number of nitrogens with zero attached hydrogens (tertiary/aromatic N) is 1. The third-order valence-electron chi connectivity index (χ3n) is 0.954. The molecule has 0 aliphatic rings. The summed E-state index contributed by atoms with van der Waals surface area (Å²) in [5, 5.41) is 1.39. The van der Waals surface area contributed by atoms with Crippen LogP contribution in [0.2, 0.25) is 0 Å². The van der Waals surface area contributed by atoms with Crippen LogP contribution in [-0.4, -0.2) is 31.9 Å². The van der Waals surface area contributed by atoms with Crippen molar-refractivity contribution in [1.82, 2.24) is 5.06 Å². The third-order valence-corrected chi connectivity index (χ3v) is 0.954. The van der Waals surface area contributed by atoms with E-state index >= 15 is 0 Å². The first-order valence-electron chi connectivity index (χ1n) is 3.29. The van der Waals surface area contributed by atoms with Gasteiger partial charge >= 0.3 is 6.18 Å². The normalized spacial score (nSPS) is 12.5. The second-order valence-electron chi connectivity index (χ2n) is 2.36. The van der Waals surface area contributed by atoms with E-state index in [4.69, 9.17) is 4.84 Å². The fraction of sp³-hybridized carbons (Fsp3) is 1.00. The van der Waals surface area contributed by atoms with Gasteiger partial charge in [0.05, 0.1) is 6.61 Å². The van der Waals surface area contributed by atoms with Gasteiger partial charge in [0.2, 0.25) is 0 Å². The molecule has 5 heteroatoms. The predicted octanol–water partition coefficient (Wildman–Crippen LogP) is 1.82. The van der Waals surface area contributed by atoms with Crippen LogP contribution < -0.4 is 0 Å². The van der Waals surface area contributed by atoms with Gasteiger partial charge in [0.1, 0.15) is 0 Å². The Bertz CT molecular complexity index is 102. The molecule has 0 spiro atoms. The largest absolute Gasteiger partial charge is 0.389 e.